The lowest BCUT2D eigenvalue weighted by Gasteiger charge is -2.05. The lowest BCUT2D eigenvalue weighted by Crippen LogP contribution is -2.14. The van der Waals surface area contributed by atoms with Crippen LogP contribution in [-0.2, 0) is 11.2 Å². The molecule has 0 fully saturated rings. The minimum absolute atomic E-state index is 0.0499. The van der Waals surface area contributed by atoms with Crippen LogP contribution in [0.1, 0.15) is 5.56 Å². The second-order valence-corrected chi connectivity index (χ2v) is 3.87. The highest BCUT2D eigenvalue weighted by Crippen LogP contribution is 2.10. The van der Waals surface area contributed by atoms with E-state index >= 15 is 0 Å². The van der Waals surface area contributed by atoms with E-state index in [1.165, 1.54) is 30.3 Å². The van der Waals surface area contributed by atoms with Crippen molar-refractivity contribution >= 4 is 11.6 Å². The van der Waals surface area contributed by atoms with Crippen LogP contribution in [0.25, 0.3) is 0 Å². The van der Waals surface area contributed by atoms with Gasteiger partial charge in [-0.2, -0.15) is 0 Å². The van der Waals surface area contributed by atoms with E-state index in [-0.39, 0.29) is 18.1 Å². The maximum Gasteiger partial charge on any atom is 0.228 e. The maximum atomic E-state index is 12.9. The molecule has 0 aliphatic heterocycles. The van der Waals surface area contributed by atoms with Crippen molar-refractivity contribution in [2.24, 2.45) is 0 Å². The first-order valence-electron chi connectivity index (χ1n) is 5.43. The van der Waals surface area contributed by atoms with Gasteiger partial charge in [0.05, 0.1) is 6.42 Å². The average molecular weight is 247 g/mol. The molecule has 0 saturated heterocycles. The van der Waals surface area contributed by atoms with Gasteiger partial charge >= 0.3 is 0 Å². The molecule has 4 heteroatoms. The number of nitrogens with one attached hydrogen (secondary N) is 1. The molecule has 0 heterocycles. The van der Waals surface area contributed by atoms with Crippen molar-refractivity contribution in [2.75, 3.05) is 5.32 Å². The Balaban J connectivity index is 2.01. The van der Waals surface area contributed by atoms with Crippen LogP contribution >= 0.6 is 0 Å². The lowest BCUT2D eigenvalue weighted by atomic mass is 10.1. The molecule has 1 N–H and O–H groups in total. The largest absolute Gasteiger partial charge is 0.326 e. The lowest BCUT2D eigenvalue weighted by molar-refractivity contribution is -0.115. The summed E-state index contributed by atoms with van der Waals surface area (Å²) in [4.78, 5) is 11.6. The van der Waals surface area contributed by atoms with Crippen LogP contribution in [0.3, 0.4) is 0 Å². The molecule has 0 aromatic heterocycles. The van der Waals surface area contributed by atoms with Gasteiger partial charge in [0, 0.05) is 5.69 Å². The van der Waals surface area contributed by atoms with Crippen LogP contribution < -0.4 is 5.32 Å². The summed E-state index contributed by atoms with van der Waals surface area (Å²) in [7, 11) is 0. The minimum Gasteiger partial charge on any atom is -0.326 e. The Bertz CT molecular complexity index is 520. The van der Waals surface area contributed by atoms with E-state index in [1.54, 1.807) is 18.2 Å². The van der Waals surface area contributed by atoms with Gasteiger partial charge in [-0.25, -0.2) is 8.78 Å². The van der Waals surface area contributed by atoms with E-state index in [2.05, 4.69) is 5.32 Å². The zero-order chi connectivity index (χ0) is 13.0. The second kappa shape index (κ2) is 5.40. The van der Waals surface area contributed by atoms with E-state index in [0.717, 1.165) is 0 Å². The predicted octanol–water partition coefficient (Wildman–Crippen LogP) is 3.15. The van der Waals surface area contributed by atoms with Crippen LogP contribution in [0, 0.1) is 11.6 Å². The van der Waals surface area contributed by atoms with Crippen LogP contribution in [0.4, 0.5) is 14.5 Å². The Labute approximate surface area is 103 Å². The summed E-state index contributed by atoms with van der Waals surface area (Å²) >= 11 is 0. The molecule has 2 nitrogen and oxygen atoms in total. The van der Waals surface area contributed by atoms with Crippen LogP contribution in [0.2, 0.25) is 0 Å². The number of benzene rings is 2. The number of hydrogen-bond donors (Lipinski definition) is 1. The molecule has 2 rings (SSSR count). The zero-order valence-corrected chi connectivity index (χ0v) is 9.49. The number of halogens is 2. The molecule has 0 aliphatic rings. The van der Waals surface area contributed by atoms with E-state index in [0.29, 0.717) is 11.3 Å². The highest BCUT2D eigenvalue weighted by Gasteiger charge is 2.05. The number of hydrogen-bond acceptors (Lipinski definition) is 1. The molecule has 0 radical (unpaired) electrons. The van der Waals surface area contributed by atoms with Crippen LogP contribution in [0.5, 0.6) is 0 Å². The fourth-order valence-electron chi connectivity index (χ4n) is 1.60. The summed E-state index contributed by atoms with van der Waals surface area (Å²) in [5.41, 5.74) is 0.959. The summed E-state index contributed by atoms with van der Waals surface area (Å²) < 4.78 is 25.8. The number of carbonyl (C=O) groups is 1. The smallest absolute Gasteiger partial charge is 0.228 e. The summed E-state index contributed by atoms with van der Waals surface area (Å²) in [6, 6.07) is 11.4. The van der Waals surface area contributed by atoms with Gasteiger partial charge in [0.15, 0.2) is 0 Å². The van der Waals surface area contributed by atoms with E-state index in [1.807, 2.05) is 0 Å². The molecule has 0 spiro atoms. The third-order valence-electron chi connectivity index (χ3n) is 2.36. The first-order valence-corrected chi connectivity index (χ1v) is 5.43. The maximum absolute atomic E-state index is 12.9. The fraction of sp³-hybridized carbons (Fsp3) is 0.0714. The SMILES string of the molecule is O=C(Cc1cccc(F)c1)Nc1cccc(F)c1. The number of amides is 1. The summed E-state index contributed by atoms with van der Waals surface area (Å²) in [6.07, 6.45) is 0.0499. The van der Waals surface area contributed by atoms with Crippen LogP contribution in [-0.4, -0.2) is 5.91 Å². The number of carbonyl (C=O) groups excluding carboxylic acids is 1. The molecular formula is C14H11F2NO. The van der Waals surface area contributed by atoms with Gasteiger partial charge in [-0.15, -0.1) is 0 Å². The Kier molecular flexibility index (Phi) is 3.67. The first-order chi connectivity index (χ1) is 8.63. The van der Waals surface area contributed by atoms with Crippen molar-refractivity contribution in [1.82, 2.24) is 0 Å². The highest BCUT2D eigenvalue weighted by molar-refractivity contribution is 5.92. The summed E-state index contributed by atoms with van der Waals surface area (Å²) in [5, 5.41) is 2.55. The molecular weight excluding hydrogens is 236 g/mol. The van der Waals surface area contributed by atoms with Gasteiger partial charge in [-0.3, -0.25) is 4.79 Å². The Morgan fingerprint density at radius 1 is 1.00 bits per heavy atom. The van der Waals surface area contributed by atoms with E-state index in [4.69, 9.17) is 0 Å². The minimum atomic E-state index is -0.418. The quantitative estimate of drug-likeness (QED) is 0.886. The average Bonchev–Trinajstić information content (AvgIpc) is 2.28. The predicted molar refractivity (Wildman–Crippen MR) is 65.1 cm³/mol. The zero-order valence-electron chi connectivity index (χ0n) is 9.49. The van der Waals surface area contributed by atoms with Gasteiger partial charge in [-0.05, 0) is 35.9 Å². The Hall–Kier alpha value is -2.23. The van der Waals surface area contributed by atoms with Gasteiger partial charge in [0.1, 0.15) is 11.6 Å². The topological polar surface area (TPSA) is 29.1 Å². The van der Waals surface area contributed by atoms with Crippen LogP contribution in [0.15, 0.2) is 48.5 Å². The van der Waals surface area contributed by atoms with Crippen molar-refractivity contribution < 1.29 is 13.6 Å². The number of rotatable bonds is 3. The van der Waals surface area contributed by atoms with E-state index < -0.39 is 5.82 Å². The fourth-order valence-corrected chi connectivity index (χ4v) is 1.60. The summed E-state index contributed by atoms with van der Waals surface area (Å²) in [6.45, 7) is 0. The van der Waals surface area contributed by atoms with Gasteiger partial charge < -0.3 is 5.32 Å². The summed E-state index contributed by atoms with van der Waals surface area (Å²) in [5.74, 6) is -1.11. The second-order valence-electron chi connectivity index (χ2n) is 3.87. The monoisotopic (exact) mass is 247 g/mol. The molecule has 92 valence electrons. The Morgan fingerprint density at radius 2 is 1.67 bits per heavy atom. The molecule has 1 amide bonds. The third-order valence-corrected chi connectivity index (χ3v) is 2.36. The molecule has 0 aliphatic carbocycles. The molecule has 0 saturated carbocycles. The first kappa shape index (κ1) is 12.2. The molecule has 0 bridgehead atoms. The van der Waals surface area contributed by atoms with Gasteiger partial charge in [0.2, 0.25) is 5.91 Å². The van der Waals surface area contributed by atoms with Gasteiger partial charge in [0.25, 0.3) is 0 Å². The van der Waals surface area contributed by atoms with Crippen molar-refractivity contribution in [2.45, 2.75) is 6.42 Å². The standard InChI is InChI=1S/C14H11F2NO/c15-11-4-1-3-10(7-11)8-14(18)17-13-6-2-5-12(16)9-13/h1-7,9H,8H2,(H,17,18). The van der Waals surface area contributed by atoms with Crippen molar-refractivity contribution in [3.8, 4) is 0 Å². The molecule has 18 heavy (non-hydrogen) atoms. The molecule has 2 aromatic carbocycles. The molecule has 0 unspecified atom stereocenters. The van der Waals surface area contributed by atoms with Crippen molar-refractivity contribution in [3.05, 3.63) is 65.7 Å². The van der Waals surface area contributed by atoms with Gasteiger partial charge in [-0.1, -0.05) is 18.2 Å². The third kappa shape index (κ3) is 3.38. The molecule has 0 atom stereocenters. The highest BCUT2D eigenvalue weighted by atomic mass is 19.1. The normalized spacial score (nSPS) is 10.1. The van der Waals surface area contributed by atoms with E-state index in [9.17, 15) is 13.6 Å². The van der Waals surface area contributed by atoms with Crippen molar-refractivity contribution in [1.29, 1.82) is 0 Å². The Morgan fingerprint density at radius 3 is 2.33 bits per heavy atom. The number of anilines is 1. The molecule has 2 aromatic rings. The van der Waals surface area contributed by atoms with Crippen molar-refractivity contribution in [3.63, 3.8) is 0 Å².